The van der Waals surface area contributed by atoms with Crippen molar-refractivity contribution in [3.8, 4) is 0 Å². The van der Waals surface area contributed by atoms with Gasteiger partial charge < -0.3 is 0 Å². The number of hydrogen-bond donors (Lipinski definition) is 0. The van der Waals surface area contributed by atoms with Gasteiger partial charge in [-0.2, -0.15) is 0 Å². The summed E-state index contributed by atoms with van der Waals surface area (Å²) in [7, 11) is 0. The lowest BCUT2D eigenvalue weighted by molar-refractivity contribution is -0.122. The number of anilines is 1. The second-order valence-electron chi connectivity index (χ2n) is 4.30. The van der Waals surface area contributed by atoms with Gasteiger partial charge >= 0.3 is 0 Å². The van der Waals surface area contributed by atoms with Crippen molar-refractivity contribution in [2.75, 3.05) is 18.0 Å². The van der Waals surface area contributed by atoms with E-state index in [9.17, 15) is 9.59 Å². The molecule has 0 spiro atoms. The highest BCUT2D eigenvalue weighted by atomic mass is 35.5. The molecule has 5 heteroatoms. The van der Waals surface area contributed by atoms with Crippen molar-refractivity contribution < 1.29 is 9.59 Å². The Bertz CT molecular complexity index is 499. The lowest BCUT2D eigenvalue weighted by Crippen LogP contribution is -2.34. The van der Waals surface area contributed by atoms with E-state index in [1.165, 1.54) is 4.90 Å². The Hall–Kier alpha value is -1.39. The van der Waals surface area contributed by atoms with Gasteiger partial charge in [0.2, 0.25) is 5.91 Å². The van der Waals surface area contributed by atoms with E-state index in [1.54, 1.807) is 24.3 Å². The molecule has 3 rings (SSSR count). The topological polar surface area (TPSA) is 40.4 Å². The molecule has 17 heavy (non-hydrogen) atoms. The van der Waals surface area contributed by atoms with Crippen LogP contribution in [0.4, 0.5) is 5.69 Å². The summed E-state index contributed by atoms with van der Waals surface area (Å²) in [5.74, 6) is -0.274. The monoisotopic (exact) mass is 250 g/mol. The van der Waals surface area contributed by atoms with Gasteiger partial charge in [-0.3, -0.25) is 14.5 Å². The first kappa shape index (κ1) is 10.7. The summed E-state index contributed by atoms with van der Waals surface area (Å²) in [6.07, 6.45) is 0.283. The average Bonchev–Trinajstić information content (AvgIpc) is 3.06. The van der Waals surface area contributed by atoms with Crippen LogP contribution in [0.15, 0.2) is 24.3 Å². The second-order valence-corrected chi connectivity index (χ2v) is 4.74. The average molecular weight is 251 g/mol. The van der Waals surface area contributed by atoms with Gasteiger partial charge in [-0.25, -0.2) is 4.90 Å². The number of halogens is 1. The third kappa shape index (κ3) is 1.83. The molecular weight excluding hydrogens is 240 g/mol. The Kier molecular flexibility index (Phi) is 2.42. The minimum Gasteiger partial charge on any atom is -0.289 e. The summed E-state index contributed by atoms with van der Waals surface area (Å²) in [6.45, 7) is 1.82. The predicted molar refractivity (Wildman–Crippen MR) is 63.9 cm³/mol. The summed E-state index contributed by atoms with van der Waals surface area (Å²) in [6, 6.07) is 6.57. The highest BCUT2D eigenvalue weighted by Crippen LogP contribution is 2.29. The number of carbonyl (C=O) groups is 2. The standard InChI is InChI=1S/C12H11ClN2O2/c13-8-2-1-3-9(6-8)15-11(16)7-10(12(15)17)14-4-5-14/h1-3,6,10H,4-5,7H2/t10-/m0/s1. The lowest BCUT2D eigenvalue weighted by Gasteiger charge is -2.15. The molecule has 0 aliphatic carbocycles. The number of benzene rings is 1. The molecule has 2 heterocycles. The van der Waals surface area contributed by atoms with Crippen molar-refractivity contribution in [1.82, 2.24) is 4.90 Å². The quantitative estimate of drug-likeness (QED) is 0.587. The Balaban J connectivity index is 1.92. The predicted octanol–water partition coefficient (Wildman–Crippen LogP) is 1.29. The van der Waals surface area contributed by atoms with Crippen LogP contribution in [0.1, 0.15) is 6.42 Å². The molecule has 1 aromatic rings. The van der Waals surface area contributed by atoms with Crippen molar-refractivity contribution in [3.05, 3.63) is 29.3 Å². The van der Waals surface area contributed by atoms with E-state index in [0.717, 1.165) is 13.1 Å². The van der Waals surface area contributed by atoms with Crippen LogP contribution in [0.25, 0.3) is 0 Å². The van der Waals surface area contributed by atoms with Gasteiger partial charge in [0.15, 0.2) is 0 Å². The molecule has 1 aromatic carbocycles. The molecule has 2 aliphatic heterocycles. The number of hydrogen-bond acceptors (Lipinski definition) is 3. The van der Waals surface area contributed by atoms with Gasteiger partial charge in [0.25, 0.3) is 5.91 Å². The summed E-state index contributed by atoms with van der Waals surface area (Å²) < 4.78 is 0. The van der Waals surface area contributed by atoms with Crippen LogP contribution in [0.3, 0.4) is 0 Å². The number of nitrogens with zero attached hydrogens (tertiary/aromatic N) is 2. The number of rotatable bonds is 2. The summed E-state index contributed by atoms with van der Waals surface area (Å²) in [5, 5.41) is 0.526. The maximum atomic E-state index is 12.1. The van der Waals surface area contributed by atoms with Crippen LogP contribution >= 0.6 is 11.6 Å². The maximum absolute atomic E-state index is 12.1. The van der Waals surface area contributed by atoms with Gasteiger partial charge in [-0.15, -0.1) is 0 Å². The van der Waals surface area contributed by atoms with Crippen LogP contribution in [0, 0.1) is 0 Å². The van der Waals surface area contributed by atoms with Crippen molar-refractivity contribution in [1.29, 1.82) is 0 Å². The van der Waals surface area contributed by atoms with Crippen molar-refractivity contribution >= 4 is 29.1 Å². The van der Waals surface area contributed by atoms with E-state index in [4.69, 9.17) is 11.6 Å². The molecule has 0 aromatic heterocycles. The molecule has 88 valence electrons. The molecule has 2 aliphatic rings. The zero-order chi connectivity index (χ0) is 12.0. The molecular formula is C12H11ClN2O2. The van der Waals surface area contributed by atoms with Gasteiger partial charge in [0.05, 0.1) is 18.2 Å². The van der Waals surface area contributed by atoms with Crippen LogP contribution in [0.2, 0.25) is 5.02 Å². The van der Waals surface area contributed by atoms with E-state index in [2.05, 4.69) is 0 Å². The molecule has 0 unspecified atom stereocenters. The van der Waals surface area contributed by atoms with E-state index >= 15 is 0 Å². The van der Waals surface area contributed by atoms with Crippen LogP contribution in [0.5, 0.6) is 0 Å². The molecule has 0 radical (unpaired) electrons. The fraction of sp³-hybridized carbons (Fsp3) is 0.333. The summed E-state index contributed by atoms with van der Waals surface area (Å²) in [4.78, 5) is 27.3. The molecule has 0 bridgehead atoms. The maximum Gasteiger partial charge on any atom is 0.251 e. The first-order valence-electron chi connectivity index (χ1n) is 5.53. The molecule has 2 saturated heterocycles. The fourth-order valence-corrected chi connectivity index (χ4v) is 2.34. The summed E-state index contributed by atoms with van der Waals surface area (Å²) in [5.41, 5.74) is 0.567. The van der Waals surface area contributed by atoms with Gasteiger partial charge in [-0.1, -0.05) is 17.7 Å². The Morgan fingerprint density at radius 3 is 2.65 bits per heavy atom. The molecule has 0 N–H and O–H groups in total. The third-order valence-corrected chi connectivity index (χ3v) is 3.35. The minimum absolute atomic E-state index is 0.130. The molecule has 1 atom stereocenters. The van der Waals surface area contributed by atoms with Gasteiger partial charge in [-0.05, 0) is 18.2 Å². The largest absolute Gasteiger partial charge is 0.289 e. The molecule has 2 fully saturated rings. The smallest absolute Gasteiger partial charge is 0.251 e. The lowest BCUT2D eigenvalue weighted by atomic mass is 10.2. The minimum atomic E-state index is -0.263. The highest BCUT2D eigenvalue weighted by Gasteiger charge is 2.45. The highest BCUT2D eigenvalue weighted by molar-refractivity contribution is 6.31. The molecule has 2 amide bonds. The molecule has 0 saturated carbocycles. The summed E-state index contributed by atoms with van der Waals surface area (Å²) >= 11 is 5.87. The number of carbonyl (C=O) groups excluding carboxylic acids is 2. The molecule has 4 nitrogen and oxygen atoms in total. The van der Waals surface area contributed by atoms with E-state index < -0.39 is 0 Å². The Labute approximate surface area is 104 Å². The van der Waals surface area contributed by atoms with E-state index in [-0.39, 0.29) is 24.3 Å². The fourth-order valence-electron chi connectivity index (χ4n) is 2.16. The first-order chi connectivity index (χ1) is 8.16. The van der Waals surface area contributed by atoms with Gasteiger partial charge in [0, 0.05) is 18.1 Å². The SMILES string of the molecule is O=C1C[C@H](N2CC2)C(=O)N1c1cccc(Cl)c1. The van der Waals surface area contributed by atoms with Crippen LogP contribution in [-0.4, -0.2) is 35.8 Å². The van der Waals surface area contributed by atoms with Crippen LogP contribution in [-0.2, 0) is 9.59 Å². The van der Waals surface area contributed by atoms with Crippen molar-refractivity contribution in [2.24, 2.45) is 0 Å². The normalized spacial score (nSPS) is 24.5. The van der Waals surface area contributed by atoms with Crippen molar-refractivity contribution in [3.63, 3.8) is 0 Å². The second kappa shape index (κ2) is 3.82. The Morgan fingerprint density at radius 1 is 1.24 bits per heavy atom. The third-order valence-electron chi connectivity index (χ3n) is 3.11. The number of amides is 2. The van der Waals surface area contributed by atoms with E-state index in [1.807, 2.05) is 4.90 Å². The zero-order valence-corrected chi connectivity index (χ0v) is 9.85. The van der Waals surface area contributed by atoms with Crippen LogP contribution < -0.4 is 4.90 Å². The Morgan fingerprint density at radius 2 is 2.00 bits per heavy atom. The van der Waals surface area contributed by atoms with Crippen molar-refractivity contribution in [2.45, 2.75) is 12.5 Å². The number of imide groups is 1. The van der Waals surface area contributed by atoms with E-state index in [0.29, 0.717) is 10.7 Å². The zero-order valence-electron chi connectivity index (χ0n) is 9.10. The van der Waals surface area contributed by atoms with Gasteiger partial charge in [0.1, 0.15) is 0 Å². The first-order valence-corrected chi connectivity index (χ1v) is 5.91.